The van der Waals surface area contributed by atoms with Crippen LogP contribution < -0.4 is 5.32 Å². The second kappa shape index (κ2) is 5.91. The van der Waals surface area contributed by atoms with E-state index in [2.05, 4.69) is 21.7 Å². The highest BCUT2D eigenvalue weighted by atomic mass is 15.4. The van der Waals surface area contributed by atoms with Crippen LogP contribution in [0.1, 0.15) is 16.8 Å². The number of fused-ring (bicyclic) bond motifs is 1. The molecule has 0 amide bonds. The van der Waals surface area contributed by atoms with Gasteiger partial charge in [0.15, 0.2) is 0 Å². The van der Waals surface area contributed by atoms with Crippen molar-refractivity contribution in [3.05, 3.63) is 47.3 Å². The molecule has 7 heteroatoms. The smallest absolute Gasteiger partial charge is 0.133 e. The molecule has 0 saturated carbocycles. The Balaban J connectivity index is 1.81. The molecular weight excluding hydrogens is 302 g/mol. The van der Waals surface area contributed by atoms with Gasteiger partial charge in [-0.3, -0.25) is 4.68 Å². The van der Waals surface area contributed by atoms with Gasteiger partial charge in [-0.15, -0.1) is 5.10 Å². The predicted molar refractivity (Wildman–Crippen MR) is 88.3 cm³/mol. The summed E-state index contributed by atoms with van der Waals surface area (Å²) in [7, 11) is 1.85. The Hall–Kier alpha value is -2.98. The van der Waals surface area contributed by atoms with Crippen LogP contribution >= 0.6 is 0 Å². The minimum atomic E-state index is 0.423. The van der Waals surface area contributed by atoms with Gasteiger partial charge in [-0.05, 0) is 17.7 Å². The molecule has 0 aliphatic carbocycles. The zero-order valence-corrected chi connectivity index (χ0v) is 13.4. The number of nitriles is 1. The second-order valence-electron chi connectivity index (χ2n) is 5.89. The fourth-order valence-corrected chi connectivity index (χ4v) is 3.07. The molecular formula is C17H17N7. The van der Waals surface area contributed by atoms with Gasteiger partial charge < -0.3 is 5.32 Å². The lowest BCUT2D eigenvalue weighted by atomic mass is 10.1. The number of nitrogens with zero attached hydrogens (tertiary/aromatic N) is 6. The van der Waals surface area contributed by atoms with Crippen molar-refractivity contribution >= 4 is 0 Å². The zero-order valence-electron chi connectivity index (χ0n) is 13.4. The van der Waals surface area contributed by atoms with E-state index in [9.17, 15) is 0 Å². The van der Waals surface area contributed by atoms with Crippen molar-refractivity contribution in [3.8, 4) is 23.1 Å². The van der Waals surface area contributed by atoms with Gasteiger partial charge in [-0.1, -0.05) is 17.3 Å². The molecule has 120 valence electrons. The molecule has 3 aromatic rings. The van der Waals surface area contributed by atoms with Crippen LogP contribution in [0.3, 0.4) is 0 Å². The topological polar surface area (TPSA) is 84.4 Å². The Morgan fingerprint density at radius 1 is 1.29 bits per heavy atom. The summed E-state index contributed by atoms with van der Waals surface area (Å²) in [4.78, 5) is 0. The highest BCUT2D eigenvalue weighted by molar-refractivity contribution is 5.61. The number of aromatic nitrogens is 5. The summed E-state index contributed by atoms with van der Waals surface area (Å²) in [5, 5.41) is 25.3. The van der Waals surface area contributed by atoms with Crippen LogP contribution in [0, 0.1) is 11.3 Å². The summed E-state index contributed by atoms with van der Waals surface area (Å²) in [6, 6.07) is 10.2. The Bertz CT molecular complexity index is 912. The third-order valence-electron chi connectivity index (χ3n) is 4.24. The van der Waals surface area contributed by atoms with Crippen molar-refractivity contribution in [2.75, 3.05) is 6.54 Å². The first-order valence-electron chi connectivity index (χ1n) is 7.90. The van der Waals surface area contributed by atoms with Crippen LogP contribution in [0.25, 0.3) is 17.1 Å². The van der Waals surface area contributed by atoms with E-state index in [0.717, 1.165) is 42.1 Å². The summed E-state index contributed by atoms with van der Waals surface area (Å²) in [5.74, 6) is 0. The van der Waals surface area contributed by atoms with E-state index < -0.39 is 0 Å². The SMILES string of the molecule is Cn1cc(-c2nn(-c3ccc(CC#N)cc3)c3c2CNCC3)nn1. The molecule has 0 saturated heterocycles. The van der Waals surface area contributed by atoms with Gasteiger partial charge in [0.05, 0.1) is 30.1 Å². The molecule has 1 aliphatic heterocycles. The van der Waals surface area contributed by atoms with E-state index in [0.29, 0.717) is 6.42 Å². The first-order valence-corrected chi connectivity index (χ1v) is 7.90. The maximum atomic E-state index is 8.81. The number of benzene rings is 1. The van der Waals surface area contributed by atoms with Crippen LogP contribution in [-0.2, 0) is 26.4 Å². The molecule has 3 heterocycles. The fourth-order valence-electron chi connectivity index (χ4n) is 3.07. The molecule has 1 N–H and O–H groups in total. The maximum Gasteiger partial charge on any atom is 0.133 e. The Morgan fingerprint density at radius 3 is 2.83 bits per heavy atom. The molecule has 2 aromatic heterocycles. The normalized spacial score (nSPS) is 13.5. The van der Waals surface area contributed by atoms with Crippen LogP contribution in [-0.4, -0.2) is 31.3 Å². The highest BCUT2D eigenvalue weighted by Crippen LogP contribution is 2.28. The summed E-state index contributed by atoms with van der Waals surface area (Å²) in [6.07, 6.45) is 3.23. The van der Waals surface area contributed by atoms with Gasteiger partial charge in [-0.25, -0.2) is 4.68 Å². The molecule has 0 spiro atoms. The van der Waals surface area contributed by atoms with Crippen LogP contribution in [0.15, 0.2) is 30.5 Å². The molecule has 24 heavy (non-hydrogen) atoms. The molecule has 1 aliphatic rings. The third kappa shape index (κ3) is 2.47. The monoisotopic (exact) mass is 319 g/mol. The predicted octanol–water partition coefficient (Wildman–Crippen LogP) is 1.38. The summed E-state index contributed by atoms with van der Waals surface area (Å²) < 4.78 is 3.68. The number of rotatable bonds is 3. The quantitative estimate of drug-likeness (QED) is 0.788. The number of nitrogens with one attached hydrogen (secondary N) is 1. The standard InChI is InChI=1S/C17H17N7/c1-23-11-15(20-22-23)17-14-10-19-9-7-16(14)24(21-17)13-4-2-12(3-5-13)6-8-18/h2-5,11,19H,6-7,9-10H2,1H3. The Morgan fingerprint density at radius 2 is 2.12 bits per heavy atom. The van der Waals surface area contributed by atoms with Crippen molar-refractivity contribution < 1.29 is 0 Å². The molecule has 0 unspecified atom stereocenters. The number of hydrogen-bond donors (Lipinski definition) is 1. The van der Waals surface area contributed by atoms with E-state index in [1.807, 2.05) is 42.2 Å². The lowest BCUT2D eigenvalue weighted by molar-refractivity contribution is 0.623. The van der Waals surface area contributed by atoms with Crippen LogP contribution in [0.5, 0.6) is 0 Å². The van der Waals surface area contributed by atoms with Gasteiger partial charge in [0, 0.05) is 32.1 Å². The summed E-state index contributed by atoms with van der Waals surface area (Å²) in [6.45, 7) is 1.72. The fraction of sp³-hybridized carbons (Fsp3) is 0.294. The van der Waals surface area contributed by atoms with Gasteiger partial charge in [0.25, 0.3) is 0 Å². The average molecular weight is 319 g/mol. The molecule has 4 rings (SSSR count). The lowest BCUT2D eigenvalue weighted by Gasteiger charge is -2.15. The van der Waals surface area contributed by atoms with E-state index in [4.69, 9.17) is 10.4 Å². The minimum absolute atomic E-state index is 0.423. The first-order chi connectivity index (χ1) is 11.8. The largest absolute Gasteiger partial charge is 0.312 e. The summed E-state index contributed by atoms with van der Waals surface area (Å²) in [5.41, 5.74) is 6.08. The van der Waals surface area contributed by atoms with Crippen molar-refractivity contribution in [1.82, 2.24) is 30.1 Å². The van der Waals surface area contributed by atoms with E-state index in [1.165, 1.54) is 11.3 Å². The van der Waals surface area contributed by atoms with Crippen molar-refractivity contribution in [3.63, 3.8) is 0 Å². The highest BCUT2D eigenvalue weighted by Gasteiger charge is 2.23. The lowest BCUT2D eigenvalue weighted by Crippen LogP contribution is -2.24. The van der Waals surface area contributed by atoms with Crippen molar-refractivity contribution in [2.24, 2.45) is 7.05 Å². The van der Waals surface area contributed by atoms with E-state index in [1.54, 1.807) is 4.68 Å². The van der Waals surface area contributed by atoms with Crippen molar-refractivity contribution in [1.29, 1.82) is 5.26 Å². The first kappa shape index (κ1) is 14.6. The van der Waals surface area contributed by atoms with Crippen molar-refractivity contribution in [2.45, 2.75) is 19.4 Å². The summed E-state index contributed by atoms with van der Waals surface area (Å²) >= 11 is 0. The molecule has 0 fully saturated rings. The van der Waals surface area contributed by atoms with Gasteiger partial charge in [0.2, 0.25) is 0 Å². The molecule has 0 atom stereocenters. The van der Waals surface area contributed by atoms with Gasteiger partial charge in [-0.2, -0.15) is 10.4 Å². The number of hydrogen-bond acceptors (Lipinski definition) is 5. The zero-order chi connectivity index (χ0) is 16.5. The molecule has 7 nitrogen and oxygen atoms in total. The Kier molecular flexibility index (Phi) is 3.59. The van der Waals surface area contributed by atoms with Crippen LogP contribution in [0.4, 0.5) is 0 Å². The molecule has 1 aromatic carbocycles. The van der Waals surface area contributed by atoms with E-state index >= 15 is 0 Å². The Labute approximate surface area is 139 Å². The van der Waals surface area contributed by atoms with Gasteiger partial charge in [0.1, 0.15) is 11.4 Å². The van der Waals surface area contributed by atoms with Crippen LogP contribution in [0.2, 0.25) is 0 Å². The third-order valence-corrected chi connectivity index (χ3v) is 4.24. The minimum Gasteiger partial charge on any atom is -0.312 e. The van der Waals surface area contributed by atoms with Gasteiger partial charge >= 0.3 is 0 Å². The molecule has 0 radical (unpaired) electrons. The number of aryl methyl sites for hydroxylation is 1. The van der Waals surface area contributed by atoms with E-state index in [-0.39, 0.29) is 0 Å². The second-order valence-corrected chi connectivity index (χ2v) is 5.89. The average Bonchev–Trinajstić information content (AvgIpc) is 3.20. The maximum absolute atomic E-state index is 8.81. The molecule has 0 bridgehead atoms.